The highest BCUT2D eigenvalue weighted by Gasteiger charge is 2.44. The monoisotopic (exact) mass is 480 g/mol. The van der Waals surface area contributed by atoms with E-state index in [-0.39, 0.29) is 18.0 Å². The molecule has 2 aliphatic rings. The van der Waals surface area contributed by atoms with Crippen molar-refractivity contribution in [1.29, 1.82) is 0 Å². The topological polar surface area (TPSA) is 68.8 Å². The molecular weight excluding hydrogens is 457 g/mol. The molecule has 1 aromatic carbocycles. The highest BCUT2D eigenvalue weighted by atomic mass is 19.4. The van der Waals surface area contributed by atoms with Crippen molar-refractivity contribution >= 4 is 16.8 Å². The first kappa shape index (κ1) is 21.8. The van der Waals surface area contributed by atoms with Crippen LogP contribution in [0.25, 0.3) is 22.3 Å². The number of hydrogen-bond donors (Lipinski definition) is 0. The van der Waals surface area contributed by atoms with E-state index < -0.39 is 11.9 Å². The first-order chi connectivity index (χ1) is 16.7. The second-order valence-corrected chi connectivity index (χ2v) is 9.30. The minimum atomic E-state index is -4.52. The summed E-state index contributed by atoms with van der Waals surface area (Å²) in [7, 11) is 3.25. The van der Waals surface area contributed by atoms with Crippen LogP contribution in [0, 0.1) is 0 Å². The fourth-order valence-corrected chi connectivity index (χ4v) is 5.65. The normalized spacial score (nSPS) is 19.7. The van der Waals surface area contributed by atoms with E-state index in [2.05, 4.69) is 10.1 Å². The number of alkyl halides is 3. The summed E-state index contributed by atoms with van der Waals surface area (Å²) in [5, 5.41) is 9.32. The second kappa shape index (κ2) is 7.66. The molecule has 1 saturated heterocycles. The van der Waals surface area contributed by atoms with Crippen LogP contribution >= 0.6 is 0 Å². The number of carbonyl (C=O) groups excluding carboxylic acids is 1. The number of carbonyl (C=O) groups is 1. The van der Waals surface area contributed by atoms with Crippen LogP contribution in [0.5, 0.6) is 0 Å². The summed E-state index contributed by atoms with van der Waals surface area (Å²) < 4.78 is 42.8. The lowest BCUT2D eigenvalue weighted by atomic mass is 9.81. The Bertz CT molecular complexity index is 1470. The molecule has 0 spiro atoms. The van der Waals surface area contributed by atoms with Gasteiger partial charge in [0.1, 0.15) is 0 Å². The van der Waals surface area contributed by atoms with Gasteiger partial charge in [-0.1, -0.05) is 6.07 Å². The summed E-state index contributed by atoms with van der Waals surface area (Å²) in [6.07, 6.45) is 0.311. The molecule has 1 amide bonds. The third kappa shape index (κ3) is 3.42. The molecule has 4 aromatic rings. The van der Waals surface area contributed by atoms with E-state index >= 15 is 0 Å². The second-order valence-electron chi connectivity index (χ2n) is 9.30. The molecule has 3 aromatic heterocycles. The molecule has 2 aliphatic heterocycles. The summed E-state index contributed by atoms with van der Waals surface area (Å²) in [4.78, 5) is 20.0. The van der Waals surface area contributed by atoms with Gasteiger partial charge < -0.3 is 4.90 Å². The first-order valence-electron chi connectivity index (χ1n) is 11.6. The largest absolute Gasteiger partial charge is 0.435 e. The van der Waals surface area contributed by atoms with Crippen molar-refractivity contribution in [3.63, 3.8) is 0 Å². The lowest BCUT2D eigenvalue weighted by Crippen LogP contribution is -2.49. The molecule has 2 atom stereocenters. The number of amides is 1. The summed E-state index contributed by atoms with van der Waals surface area (Å²) in [6.45, 7) is 0. The van der Waals surface area contributed by atoms with Crippen molar-refractivity contribution in [1.82, 2.24) is 29.4 Å². The lowest BCUT2D eigenvalue weighted by molar-refractivity contribution is -0.141. The predicted molar refractivity (Wildman–Crippen MR) is 122 cm³/mol. The van der Waals surface area contributed by atoms with Crippen molar-refractivity contribution in [2.45, 2.75) is 43.9 Å². The minimum absolute atomic E-state index is 0.0448. The van der Waals surface area contributed by atoms with Gasteiger partial charge in [0.2, 0.25) is 0 Å². The molecule has 10 heteroatoms. The molecule has 6 rings (SSSR count). The molecule has 0 aliphatic carbocycles. The molecule has 35 heavy (non-hydrogen) atoms. The van der Waals surface area contributed by atoms with Crippen molar-refractivity contribution < 1.29 is 18.0 Å². The van der Waals surface area contributed by atoms with Gasteiger partial charge in [-0.2, -0.15) is 23.4 Å². The third-order valence-corrected chi connectivity index (χ3v) is 7.17. The van der Waals surface area contributed by atoms with Gasteiger partial charge >= 0.3 is 6.18 Å². The highest BCUT2D eigenvalue weighted by molar-refractivity contribution is 5.98. The van der Waals surface area contributed by atoms with E-state index in [1.54, 1.807) is 24.0 Å². The number of benzene rings is 1. The average Bonchev–Trinajstić information content (AvgIpc) is 3.36. The fraction of sp³-hybridized carbons (Fsp3) is 0.360. The quantitative estimate of drug-likeness (QED) is 0.418. The fourth-order valence-electron chi connectivity index (χ4n) is 5.65. The molecule has 0 N–H and O–H groups in total. The molecule has 0 saturated carbocycles. The number of aromatic nitrogens is 5. The molecule has 0 unspecified atom stereocenters. The van der Waals surface area contributed by atoms with Gasteiger partial charge in [-0.25, -0.2) is 0 Å². The van der Waals surface area contributed by atoms with Crippen molar-refractivity contribution in [3.05, 3.63) is 65.1 Å². The van der Waals surface area contributed by atoms with Crippen LogP contribution in [0.3, 0.4) is 0 Å². The predicted octanol–water partition coefficient (Wildman–Crippen LogP) is 4.68. The molecule has 180 valence electrons. The Morgan fingerprint density at radius 2 is 1.89 bits per heavy atom. The van der Waals surface area contributed by atoms with Crippen LogP contribution in [0.1, 0.15) is 52.6 Å². The van der Waals surface area contributed by atoms with Crippen LogP contribution in [0.15, 0.2) is 42.6 Å². The average molecular weight is 480 g/mol. The maximum atomic E-state index is 13.7. The highest BCUT2D eigenvalue weighted by Crippen LogP contribution is 2.45. The van der Waals surface area contributed by atoms with Crippen LogP contribution in [-0.2, 0) is 26.7 Å². The Labute approximate surface area is 199 Å². The third-order valence-electron chi connectivity index (χ3n) is 7.17. The van der Waals surface area contributed by atoms with Crippen molar-refractivity contribution in [2.24, 2.45) is 14.1 Å². The van der Waals surface area contributed by atoms with Crippen LogP contribution < -0.4 is 0 Å². The van der Waals surface area contributed by atoms with Crippen molar-refractivity contribution in [2.75, 3.05) is 0 Å². The van der Waals surface area contributed by atoms with Gasteiger partial charge in [0.15, 0.2) is 5.69 Å². The van der Waals surface area contributed by atoms with Gasteiger partial charge in [-0.05, 0) is 56.0 Å². The standard InChI is InChI=1S/C25H23F3N6O/c1-32-20(13-21(30-32)25(26,27)28)23-17-12-16-6-3-7-19(22(17)31-33(23)2)34(16)24(35)15-8-9-18-14(11-15)5-4-10-29-18/h4-5,8-11,13,16,19H,3,6-7,12H2,1-2H3/t16-,19+/m0/s1. The Kier molecular flexibility index (Phi) is 4.77. The Hall–Kier alpha value is -3.69. The molecule has 7 nitrogen and oxygen atoms in total. The van der Waals surface area contributed by atoms with E-state index in [0.717, 1.165) is 47.5 Å². The van der Waals surface area contributed by atoms with E-state index in [4.69, 9.17) is 5.10 Å². The smallest absolute Gasteiger partial charge is 0.327 e. The summed E-state index contributed by atoms with van der Waals surface area (Å²) >= 11 is 0. The minimum Gasteiger partial charge on any atom is -0.327 e. The van der Waals surface area contributed by atoms with E-state index in [9.17, 15) is 18.0 Å². The first-order valence-corrected chi connectivity index (χ1v) is 11.6. The van der Waals surface area contributed by atoms with E-state index in [1.165, 1.54) is 11.7 Å². The summed E-state index contributed by atoms with van der Waals surface area (Å²) in [5.74, 6) is -0.0526. The number of aryl methyl sites for hydroxylation is 2. The number of fused-ring (bicyclic) bond motifs is 5. The van der Waals surface area contributed by atoms with E-state index in [1.807, 2.05) is 29.2 Å². The van der Waals surface area contributed by atoms with Gasteiger partial charge in [0, 0.05) is 42.8 Å². The molecular formula is C25H23F3N6O. The van der Waals surface area contributed by atoms with E-state index in [0.29, 0.717) is 23.4 Å². The van der Waals surface area contributed by atoms with Crippen molar-refractivity contribution in [3.8, 4) is 11.4 Å². The SMILES string of the molecule is Cn1nc(C(F)(F)F)cc1-c1c2c(nn1C)[C@H]1CCC[C@@H](C2)N1C(=O)c1ccc2ncccc2c1. The Morgan fingerprint density at radius 3 is 2.66 bits per heavy atom. The zero-order valence-electron chi connectivity index (χ0n) is 19.3. The van der Waals surface area contributed by atoms with Gasteiger partial charge in [0.05, 0.1) is 28.6 Å². The maximum absolute atomic E-state index is 13.7. The summed E-state index contributed by atoms with van der Waals surface area (Å²) in [5.41, 5.74) is 3.18. The molecule has 5 heterocycles. The number of halogens is 3. The number of piperidine rings is 1. The number of pyridine rings is 1. The zero-order valence-corrected chi connectivity index (χ0v) is 19.3. The molecule has 0 radical (unpaired) electrons. The van der Waals surface area contributed by atoms with Crippen LogP contribution in [0.2, 0.25) is 0 Å². The molecule has 2 bridgehead atoms. The Balaban J connectivity index is 1.41. The zero-order chi connectivity index (χ0) is 24.5. The van der Waals surface area contributed by atoms with Crippen LogP contribution in [-0.4, -0.2) is 41.4 Å². The number of nitrogens with zero attached hydrogens (tertiary/aromatic N) is 6. The van der Waals surface area contributed by atoms with Crippen LogP contribution in [0.4, 0.5) is 13.2 Å². The van der Waals surface area contributed by atoms with Gasteiger partial charge in [-0.3, -0.25) is 19.1 Å². The number of hydrogen-bond acceptors (Lipinski definition) is 4. The lowest BCUT2D eigenvalue weighted by Gasteiger charge is -2.45. The summed E-state index contributed by atoms with van der Waals surface area (Å²) in [6, 6.07) is 10.1. The van der Waals surface area contributed by atoms with Gasteiger partial charge in [-0.15, -0.1) is 0 Å². The number of rotatable bonds is 2. The maximum Gasteiger partial charge on any atom is 0.435 e. The molecule has 1 fully saturated rings. The van der Waals surface area contributed by atoms with Gasteiger partial charge in [0.25, 0.3) is 5.91 Å². The Morgan fingerprint density at radius 1 is 1.06 bits per heavy atom.